The summed E-state index contributed by atoms with van der Waals surface area (Å²) >= 11 is 4.53. The Morgan fingerprint density at radius 3 is 2.33 bits per heavy atom. The standard InChI is InChI=1S/C9H7F4NS/c10-7-4-6(9(11,12)13)2-1-5(7)3-8(14)15/h1-2,4H,3H2,(H2,14,15). The first-order valence-corrected chi connectivity index (χ1v) is 4.35. The lowest BCUT2D eigenvalue weighted by Crippen LogP contribution is -2.13. The topological polar surface area (TPSA) is 26.0 Å². The molecule has 0 aliphatic carbocycles. The van der Waals surface area contributed by atoms with Crippen LogP contribution < -0.4 is 5.73 Å². The number of benzene rings is 1. The fourth-order valence-corrected chi connectivity index (χ4v) is 1.21. The lowest BCUT2D eigenvalue weighted by Gasteiger charge is -2.08. The number of hydrogen-bond donors (Lipinski definition) is 1. The van der Waals surface area contributed by atoms with Crippen LogP contribution in [0.4, 0.5) is 17.6 Å². The first kappa shape index (κ1) is 11.9. The van der Waals surface area contributed by atoms with Crippen molar-refractivity contribution in [2.24, 2.45) is 5.73 Å². The fourth-order valence-electron chi connectivity index (χ4n) is 1.05. The summed E-state index contributed by atoms with van der Waals surface area (Å²) in [7, 11) is 0. The Morgan fingerprint density at radius 1 is 1.33 bits per heavy atom. The summed E-state index contributed by atoms with van der Waals surface area (Å²) in [5.74, 6) is -0.947. The average molecular weight is 237 g/mol. The third-order valence-electron chi connectivity index (χ3n) is 1.75. The molecule has 0 aliphatic heterocycles. The minimum Gasteiger partial charge on any atom is -0.393 e. The summed E-state index contributed by atoms with van der Waals surface area (Å²) in [6, 6.07) is 2.28. The van der Waals surface area contributed by atoms with Gasteiger partial charge in [0.25, 0.3) is 0 Å². The average Bonchev–Trinajstić information content (AvgIpc) is 2.05. The Hall–Kier alpha value is -1.17. The first-order chi connectivity index (χ1) is 6.80. The fraction of sp³-hybridized carbons (Fsp3) is 0.222. The van der Waals surface area contributed by atoms with Crippen molar-refractivity contribution in [2.75, 3.05) is 0 Å². The van der Waals surface area contributed by atoms with Gasteiger partial charge in [-0.3, -0.25) is 0 Å². The molecule has 0 atom stereocenters. The summed E-state index contributed by atoms with van der Waals surface area (Å²) < 4.78 is 49.6. The van der Waals surface area contributed by atoms with Crippen molar-refractivity contribution < 1.29 is 17.6 Å². The van der Waals surface area contributed by atoms with E-state index in [2.05, 4.69) is 12.2 Å². The molecule has 0 unspecified atom stereocenters. The molecule has 0 spiro atoms. The molecule has 0 saturated carbocycles. The molecular weight excluding hydrogens is 230 g/mol. The zero-order chi connectivity index (χ0) is 11.6. The van der Waals surface area contributed by atoms with Gasteiger partial charge >= 0.3 is 6.18 Å². The van der Waals surface area contributed by atoms with E-state index in [0.717, 1.165) is 12.1 Å². The highest BCUT2D eigenvalue weighted by molar-refractivity contribution is 7.80. The van der Waals surface area contributed by atoms with Crippen molar-refractivity contribution in [1.29, 1.82) is 0 Å². The molecule has 6 heteroatoms. The number of halogens is 4. The van der Waals surface area contributed by atoms with Gasteiger partial charge in [-0.2, -0.15) is 13.2 Å². The van der Waals surface area contributed by atoms with Crippen molar-refractivity contribution in [3.05, 3.63) is 35.1 Å². The number of nitrogens with two attached hydrogens (primary N) is 1. The molecule has 1 aromatic rings. The van der Waals surface area contributed by atoms with Crippen LogP contribution in [0.15, 0.2) is 18.2 Å². The highest BCUT2D eigenvalue weighted by atomic mass is 32.1. The third-order valence-corrected chi connectivity index (χ3v) is 1.89. The van der Waals surface area contributed by atoms with E-state index in [1.807, 2.05) is 0 Å². The molecule has 0 aromatic heterocycles. The number of thiocarbonyl (C=S) groups is 1. The van der Waals surface area contributed by atoms with Crippen LogP contribution in [0, 0.1) is 5.82 Å². The van der Waals surface area contributed by atoms with Gasteiger partial charge in [-0.15, -0.1) is 0 Å². The summed E-state index contributed by atoms with van der Waals surface area (Å²) in [4.78, 5) is 0.0358. The monoisotopic (exact) mass is 237 g/mol. The van der Waals surface area contributed by atoms with Crippen LogP contribution in [-0.2, 0) is 12.6 Å². The van der Waals surface area contributed by atoms with Crippen molar-refractivity contribution in [3.63, 3.8) is 0 Å². The molecule has 1 rings (SSSR count). The summed E-state index contributed by atoms with van der Waals surface area (Å²) in [5, 5.41) is 0. The predicted molar refractivity (Wildman–Crippen MR) is 51.9 cm³/mol. The van der Waals surface area contributed by atoms with E-state index in [4.69, 9.17) is 5.73 Å². The summed E-state index contributed by atoms with van der Waals surface area (Å²) in [6.45, 7) is 0. The van der Waals surface area contributed by atoms with Gasteiger partial charge in [-0.05, 0) is 17.7 Å². The van der Waals surface area contributed by atoms with Gasteiger partial charge in [0.05, 0.1) is 10.6 Å². The van der Waals surface area contributed by atoms with Crippen LogP contribution in [0.1, 0.15) is 11.1 Å². The molecule has 0 amide bonds. The predicted octanol–water partition coefficient (Wildman–Crippen LogP) is 2.67. The third kappa shape index (κ3) is 3.16. The van der Waals surface area contributed by atoms with E-state index < -0.39 is 17.6 Å². The SMILES string of the molecule is NC(=S)Cc1ccc(C(F)(F)F)cc1F. The van der Waals surface area contributed by atoms with Crippen LogP contribution in [0.5, 0.6) is 0 Å². The molecular formula is C9H7F4NS. The maximum atomic E-state index is 13.1. The first-order valence-electron chi connectivity index (χ1n) is 3.94. The van der Waals surface area contributed by atoms with Gasteiger partial charge in [-0.1, -0.05) is 18.3 Å². The van der Waals surface area contributed by atoms with Crippen LogP contribution in [0.25, 0.3) is 0 Å². The van der Waals surface area contributed by atoms with Gasteiger partial charge in [-0.25, -0.2) is 4.39 Å². The van der Waals surface area contributed by atoms with Gasteiger partial charge in [0.1, 0.15) is 5.82 Å². The Labute approximate surface area is 88.9 Å². The van der Waals surface area contributed by atoms with Crippen molar-refractivity contribution in [2.45, 2.75) is 12.6 Å². The second-order valence-electron chi connectivity index (χ2n) is 2.95. The van der Waals surface area contributed by atoms with Crippen LogP contribution in [0.3, 0.4) is 0 Å². The zero-order valence-electron chi connectivity index (χ0n) is 7.44. The molecule has 1 nitrogen and oxygen atoms in total. The van der Waals surface area contributed by atoms with Gasteiger partial charge in [0.15, 0.2) is 0 Å². The largest absolute Gasteiger partial charge is 0.416 e. The van der Waals surface area contributed by atoms with Crippen LogP contribution in [-0.4, -0.2) is 4.99 Å². The highest BCUT2D eigenvalue weighted by Crippen LogP contribution is 2.30. The van der Waals surface area contributed by atoms with Crippen LogP contribution in [0.2, 0.25) is 0 Å². The molecule has 1 aromatic carbocycles. The minimum atomic E-state index is -4.54. The molecule has 0 fully saturated rings. The smallest absolute Gasteiger partial charge is 0.393 e. The second-order valence-corrected chi connectivity index (χ2v) is 3.47. The lowest BCUT2D eigenvalue weighted by molar-refractivity contribution is -0.137. The van der Waals surface area contributed by atoms with Crippen molar-refractivity contribution in [3.8, 4) is 0 Å². The van der Waals surface area contributed by atoms with Gasteiger partial charge in [0, 0.05) is 6.42 Å². The molecule has 2 N–H and O–H groups in total. The van der Waals surface area contributed by atoms with E-state index in [9.17, 15) is 17.6 Å². The van der Waals surface area contributed by atoms with Crippen LogP contribution >= 0.6 is 12.2 Å². The number of hydrogen-bond acceptors (Lipinski definition) is 1. The molecule has 0 saturated heterocycles. The second kappa shape index (κ2) is 4.14. The van der Waals surface area contributed by atoms with E-state index >= 15 is 0 Å². The Bertz CT molecular complexity index is 386. The molecule has 0 bridgehead atoms. The molecule has 15 heavy (non-hydrogen) atoms. The Morgan fingerprint density at radius 2 is 1.93 bits per heavy atom. The highest BCUT2D eigenvalue weighted by Gasteiger charge is 2.31. The zero-order valence-corrected chi connectivity index (χ0v) is 8.25. The minimum absolute atomic E-state index is 0.0358. The summed E-state index contributed by atoms with van der Waals surface area (Å²) in [6.07, 6.45) is -4.58. The quantitative estimate of drug-likeness (QED) is 0.632. The molecule has 0 aliphatic rings. The molecule has 0 radical (unpaired) electrons. The number of alkyl halides is 3. The maximum Gasteiger partial charge on any atom is 0.416 e. The van der Waals surface area contributed by atoms with Crippen molar-refractivity contribution >= 4 is 17.2 Å². The molecule has 82 valence electrons. The van der Waals surface area contributed by atoms with E-state index in [1.54, 1.807) is 0 Å². The lowest BCUT2D eigenvalue weighted by atomic mass is 10.1. The Balaban J connectivity index is 3.03. The Kier molecular flexibility index (Phi) is 3.28. The van der Waals surface area contributed by atoms with Gasteiger partial charge in [0.2, 0.25) is 0 Å². The van der Waals surface area contributed by atoms with Gasteiger partial charge < -0.3 is 5.73 Å². The maximum absolute atomic E-state index is 13.1. The van der Waals surface area contributed by atoms with E-state index in [1.165, 1.54) is 0 Å². The van der Waals surface area contributed by atoms with E-state index in [0.29, 0.717) is 6.07 Å². The summed E-state index contributed by atoms with van der Waals surface area (Å²) in [5.41, 5.74) is 4.20. The normalized spacial score (nSPS) is 11.5. The van der Waals surface area contributed by atoms with Crippen molar-refractivity contribution in [1.82, 2.24) is 0 Å². The number of rotatable bonds is 2. The molecule has 0 heterocycles. The van der Waals surface area contributed by atoms with E-state index in [-0.39, 0.29) is 17.0 Å².